The summed E-state index contributed by atoms with van der Waals surface area (Å²) in [5.74, 6) is -1.08. The number of imide groups is 1. The quantitative estimate of drug-likeness (QED) is 0.447. The van der Waals surface area contributed by atoms with Gasteiger partial charge in [0.2, 0.25) is 17.7 Å². The van der Waals surface area contributed by atoms with E-state index in [1.807, 2.05) is 31.2 Å². The molecule has 2 atom stereocenters. The van der Waals surface area contributed by atoms with Crippen LogP contribution in [0.15, 0.2) is 73.1 Å². The Morgan fingerprint density at radius 2 is 1.92 bits per heavy atom. The van der Waals surface area contributed by atoms with Crippen molar-refractivity contribution in [3.63, 3.8) is 0 Å². The van der Waals surface area contributed by atoms with Gasteiger partial charge in [0.15, 0.2) is 0 Å². The van der Waals surface area contributed by atoms with Crippen molar-refractivity contribution in [3.8, 4) is 5.75 Å². The molecular formula is C28H28FN3O4. The topological polar surface area (TPSA) is 79.8 Å². The molecule has 0 aliphatic carbocycles. The standard InChI is InChI=1S/C28H28FN3O4/c1-19(21-9-11-24(36-3)12-10-21)31(2)25(33)15-28(22-7-4-8-23(29)14-22)16-26(34)32(27(28)35)18-20-6-5-13-30-17-20/h4-14,17,19H,15-16,18H2,1-3H3/t19-,28+/m0/s1. The first-order valence-corrected chi connectivity index (χ1v) is 11.6. The highest BCUT2D eigenvalue weighted by atomic mass is 19.1. The van der Waals surface area contributed by atoms with E-state index in [1.54, 1.807) is 49.7 Å². The van der Waals surface area contributed by atoms with Crippen LogP contribution in [0.4, 0.5) is 4.39 Å². The van der Waals surface area contributed by atoms with Gasteiger partial charge in [0, 0.05) is 32.3 Å². The molecule has 3 amide bonds. The van der Waals surface area contributed by atoms with Crippen LogP contribution >= 0.6 is 0 Å². The van der Waals surface area contributed by atoms with Gasteiger partial charge in [-0.3, -0.25) is 24.3 Å². The van der Waals surface area contributed by atoms with Crippen LogP contribution in [0.2, 0.25) is 0 Å². The van der Waals surface area contributed by atoms with Crippen LogP contribution in [0.25, 0.3) is 0 Å². The molecule has 2 aromatic carbocycles. The minimum atomic E-state index is -1.49. The van der Waals surface area contributed by atoms with E-state index < -0.39 is 23.0 Å². The summed E-state index contributed by atoms with van der Waals surface area (Å²) in [4.78, 5) is 47.2. The van der Waals surface area contributed by atoms with Gasteiger partial charge in [0.05, 0.1) is 25.1 Å². The third-order valence-electron chi connectivity index (χ3n) is 6.87. The second-order valence-corrected chi connectivity index (χ2v) is 9.05. The summed E-state index contributed by atoms with van der Waals surface area (Å²) in [5, 5.41) is 0. The molecule has 3 aromatic rings. The highest BCUT2D eigenvalue weighted by Crippen LogP contribution is 2.41. The average molecular weight is 490 g/mol. The number of benzene rings is 2. The first-order valence-electron chi connectivity index (χ1n) is 11.6. The highest BCUT2D eigenvalue weighted by molar-refractivity contribution is 6.10. The molecule has 0 bridgehead atoms. The van der Waals surface area contributed by atoms with Crippen molar-refractivity contribution >= 4 is 17.7 Å². The van der Waals surface area contributed by atoms with Crippen LogP contribution in [-0.4, -0.2) is 46.7 Å². The third kappa shape index (κ3) is 4.84. The first-order chi connectivity index (χ1) is 17.2. The van der Waals surface area contributed by atoms with Crippen molar-refractivity contribution in [1.82, 2.24) is 14.8 Å². The van der Waals surface area contributed by atoms with Gasteiger partial charge in [0.1, 0.15) is 11.6 Å². The molecule has 0 N–H and O–H groups in total. The van der Waals surface area contributed by atoms with Crippen molar-refractivity contribution in [3.05, 3.63) is 95.6 Å². The van der Waals surface area contributed by atoms with E-state index in [-0.39, 0.29) is 31.3 Å². The number of carbonyl (C=O) groups excluding carboxylic acids is 3. The van der Waals surface area contributed by atoms with E-state index in [4.69, 9.17) is 4.74 Å². The second-order valence-electron chi connectivity index (χ2n) is 9.05. The summed E-state index contributed by atoms with van der Waals surface area (Å²) in [5.41, 5.74) is 0.393. The fourth-order valence-electron chi connectivity index (χ4n) is 4.59. The molecule has 0 saturated carbocycles. The molecule has 0 radical (unpaired) electrons. The Bertz CT molecular complexity index is 1270. The fraction of sp³-hybridized carbons (Fsp3) is 0.286. The molecule has 36 heavy (non-hydrogen) atoms. The lowest BCUT2D eigenvalue weighted by Crippen LogP contribution is -2.43. The maximum absolute atomic E-state index is 14.2. The predicted octanol–water partition coefficient (Wildman–Crippen LogP) is 4.04. The predicted molar refractivity (Wildman–Crippen MR) is 131 cm³/mol. The number of carbonyl (C=O) groups is 3. The Labute approximate surface area is 209 Å². The molecule has 1 aromatic heterocycles. The maximum atomic E-state index is 14.2. The average Bonchev–Trinajstić information content (AvgIpc) is 3.13. The minimum absolute atomic E-state index is 0.0366. The van der Waals surface area contributed by atoms with E-state index in [2.05, 4.69) is 4.98 Å². The van der Waals surface area contributed by atoms with E-state index in [0.717, 1.165) is 10.5 Å². The molecule has 1 aliphatic rings. The Hall–Kier alpha value is -4.07. The van der Waals surface area contributed by atoms with Crippen LogP contribution in [-0.2, 0) is 26.3 Å². The number of halogens is 1. The minimum Gasteiger partial charge on any atom is -0.497 e. The van der Waals surface area contributed by atoms with Gasteiger partial charge >= 0.3 is 0 Å². The van der Waals surface area contributed by atoms with Crippen LogP contribution in [0.5, 0.6) is 5.75 Å². The molecule has 2 heterocycles. The maximum Gasteiger partial charge on any atom is 0.241 e. The largest absolute Gasteiger partial charge is 0.497 e. The number of pyridine rings is 1. The molecule has 8 heteroatoms. The summed E-state index contributed by atoms with van der Waals surface area (Å²) >= 11 is 0. The summed E-state index contributed by atoms with van der Waals surface area (Å²) in [6.07, 6.45) is 2.71. The van der Waals surface area contributed by atoms with E-state index in [0.29, 0.717) is 16.9 Å². The number of hydrogen-bond donors (Lipinski definition) is 0. The third-order valence-corrected chi connectivity index (χ3v) is 6.87. The molecule has 0 spiro atoms. The Balaban J connectivity index is 1.64. The number of nitrogens with zero attached hydrogens (tertiary/aromatic N) is 3. The fourth-order valence-corrected chi connectivity index (χ4v) is 4.59. The number of ether oxygens (including phenoxy) is 1. The summed E-state index contributed by atoms with van der Waals surface area (Å²) < 4.78 is 19.4. The Morgan fingerprint density at radius 1 is 1.17 bits per heavy atom. The molecule has 1 saturated heterocycles. The lowest BCUT2D eigenvalue weighted by Gasteiger charge is -2.32. The lowest BCUT2D eigenvalue weighted by molar-refractivity contribution is -0.143. The molecule has 4 rings (SSSR count). The van der Waals surface area contributed by atoms with Gasteiger partial charge < -0.3 is 9.64 Å². The molecule has 186 valence electrons. The summed E-state index contributed by atoms with van der Waals surface area (Å²) in [7, 11) is 3.24. The van der Waals surface area contributed by atoms with Crippen LogP contribution < -0.4 is 4.74 Å². The van der Waals surface area contributed by atoms with Crippen molar-refractivity contribution in [2.75, 3.05) is 14.2 Å². The summed E-state index contributed by atoms with van der Waals surface area (Å²) in [6, 6.07) is 16.2. The Morgan fingerprint density at radius 3 is 2.56 bits per heavy atom. The number of amides is 3. The number of rotatable bonds is 8. The number of aromatic nitrogens is 1. The zero-order valence-electron chi connectivity index (χ0n) is 20.5. The van der Waals surface area contributed by atoms with Gasteiger partial charge in [-0.15, -0.1) is 0 Å². The zero-order chi connectivity index (χ0) is 25.9. The summed E-state index contributed by atoms with van der Waals surface area (Å²) in [6.45, 7) is 1.92. The van der Waals surface area contributed by atoms with Crippen molar-refractivity contribution in [1.29, 1.82) is 0 Å². The van der Waals surface area contributed by atoms with Gasteiger partial charge in [-0.25, -0.2) is 4.39 Å². The van der Waals surface area contributed by atoms with E-state index in [1.165, 1.54) is 18.2 Å². The molecule has 1 fully saturated rings. The lowest BCUT2D eigenvalue weighted by atomic mass is 9.75. The molecule has 0 unspecified atom stereocenters. The number of likely N-dealkylation sites (tertiary alicyclic amines) is 1. The van der Waals surface area contributed by atoms with Gasteiger partial charge in [-0.05, 0) is 53.9 Å². The van der Waals surface area contributed by atoms with E-state index in [9.17, 15) is 18.8 Å². The van der Waals surface area contributed by atoms with Crippen LogP contribution in [0.3, 0.4) is 0 Å². The smallest absolute Gasteiger partial charge is 0.241 e. The van der Waals surface area contributed by atoms with Crippen molar-refractivity contribution < 1.29 is 23.5 Å². The van der Waals surface area contributed by atoms with Gasteiger partial charge in [0.25, 0.3) is 0 Å². The first kappa shape index (κ1) is 25.0. The molecular weight excluding hydrogens is 461 g/mol. The Kier molecular flexibility index (Phi) is 7.15. The number of methoxy groups -OCH3 is 1. The molecule has 1 aliphatic heterocycles. The number of hydrogen-bond acceptors (Lipinski definition) is 5. The van der Waals surface area contributed by atoms with Crippen molar-refractivity contribution in [2.24, 2.45) is 0 Å². The highest BCUT2D eigenvalue weighted by Gasteiger charge is 2.54. The van der Waals surface area contributed by atoms with Crippen LogP contribution in [0.1, 0.15) is 42.5 Å². The van der Waals surface area contributed by atoms with Gasteiger partial charge in [-0.1, -0.05) is 30.3 Å². The van der Waals surface area contributed by atoms with Crippen molar-refractivity contribution in [2.45, 2.75) is 37.8 Å². The SMILES string of the molecule is COc1ccc([C@H](C)N(C)C(=O)C[C@]2(c3cccc(F)c3)CC(=O)N(Cc3cccnc3)C2=O)cc1. The molecule has 7 nitrogen and oxygen atoms in total. The monoisotopic (exact) mass is 489 g/mol. The zero-order valence-corrected chi connectivity index (χ0v) is 20.5. The van der Waals surface area contributed by atoms with Crippen LogP contribution in [0, 0.1) is 5.82 Å². The second kappa shape index (κ2) is 10.3. The van der Waals surface area contributed by atoms with E-state index >= 15 is 0 Å². The normalized spacial score (nSPS) is 18.3. The van der Waals surface area contributed by atoms with Gasteiger partial charge in [-0.2, -0.15) is 0 Å².